The van der Waals surface area contributed by atoms with Crippen LogP contribution in [0.25, 0.3) is 0 Å². The molecule has 2 amide bonds. The highest BCUT2D eigenvalue weighted by Gasteiger charge is 2.32. The predicted octanol–water partition coefficient (Wildman–Crippen LogP) is 6.93. The molecule has 4 nitrogen and oxygen atoms in total. The molecular weight excluding hydrogens is 503 g/mol. The number of rotatable bonds is 10. The van der Waals surface area contributed by atoms with Crippen molar-refractivity contribution in [2.45, 2.75) is 70.5 Å². The molecule has 1 aliphatic carbocycles. The topological polar surface area (TPSA) is 49.4 Å². The van der Waals surface area contributed by atoms with E-state index in [9.17, 15) is 9.59 Å². The van der Waals surface area contributed by atoms with Crippen LogP contribution in [0.5, 0.6) is 0 Å². The van der Waals surface area contributed by atoms with E-state index in [2.05, 4.69) is 29.6 Å². The average Bonchev–Trinajstić information content (AvgIpc) is 3.41. The Bertz CT molecular complexity index is 1190. The maximum atomic E-state index is 13.8. The number of carbonyl (C=O) groups is 2. The van der Waals surface area contributed by atoms with Crippen LogP contribution in [0.4, 0.5) is 0 Å². The maximum Gasteiger partial charge on any atom is 0.243 e. The molecule has 1 atom stereocenters. The van der Waals surface area contributed by atoms with Gasteiger partial charge in [0.15, 0.2) is 0 Å². The largest absolute Gasteiger partial charge is 0.352 e. The second kappa shape index (κ2) is 13.1. The van der Waals surface area contributed by atoms with Gasteiger partial charge in [0.05, 0.1) is 10.0 Å². The minimum absolute atomic E-state index is 0.0610. The van der Waals surface area contributed by atoms with Gasteiger partial charge in [0.25, 0.3) is 0 Å². The van der Waals surface area contributed by atoms with Crippen LogP contribution >= 0.6 is 23.2 Å². The standard InChI is InChI=1S/C31H34Cl2N2O2/c1-22-11-13-23(14-12-22)16-18-30(36)35(21-25-15-17-27(32)28(33)19-25)29(20-24-7-3-2-4-8-24)31(37)34-26-9-5-6-10-26/h2-4,7-8,11-15,17,19,26,29H,5-6,9-10,16,18,20-21H2,1H3,(H,34,37)/t29-/m0/s1. The number of hydrogen-bond acceptors (Lipinski definition) is 2. The summed E-state index contributed by atoms with van der Waals surface area (Å²) in [5, 5.41) is 4.13. The average molecular weight is 538 g/mol. The van der Waals surface area contributed by atoms with Crippen molar-refractivity contribution in [3.05, 3.63) is 105 Å². The van der Waals surface area contributed by atoms with Crippen molar-refractivity contribution in [1.29, 1.82) is 0 Å². The van der Waals surface area contributed by atoms with Gasteiger partial charge < -0.3 is 10.2 Å². The SMILES string of the molecule is Cc1ccc(CCC(=O)N(Cc2ccc(Cl)c(Cl)c2)[C@@H](Cc2ccccc2)C(=O)NC2CCCC2)cc1. The molecule has 6 heteroatoms. The summed E-state index contributed by atoms with van der Waals surface area (Å²) in [5.41, 5.74) is 4.13. The lowest BCUT2D eigenvalue weighted by atomic mass is 10.0. The van der Waals surface area contributed by atoms with Crippen LogP contribution in [0.1, 0.15) is 54.4 Å². The smallest absolute Gasteiger partial charge is 0.243 e. The van der Waals surface area contributed by atoms with E-state index >= 15 is 0 Å². The minimum atomic E-state index is -0.636. The van der Waals surface area contributed by atoms with Crippen molar-refractivity contribution in [3.63, 3.8) is 0 Å². The monoisotopic (exact) mass is 536 g/mol. The second-order valence-corrected chi connectivity index (χ2v) is 10.8. The molecular formula is C31H34Cl2N2O2. The van der Waals surface area contributed by atoms with Crippen LogP contribution < -0.4 is 5.32 Å². The highest BCUT2D eigenvalue weighted by atomic mass is 35.5. The summed E-state index contributed by atoms with van der Waals surface area (Å²) in [6.07, 6.45) is 5.58. The number of nitrogens with one attached hydrogen (secondary N) is 1. The van der Waals surface area contributed by atoms with Crippen LogP contribution in [0, 0.1) is 6.92 Å². The van der Waals surface area contributed by atoms with Gasteiger partial charge in [0.1, 0.15) is 6.04 Å². The minimum Gasteiger partial charge on any atom is -0.352 e. The molecule has 1 aliphatic rings. The van der Waals surface area contributed by atoms with E-state index in [0.717, 1.165) is 42.4 Å². The number of aryl methyl sites for hydroxylation is 2. The van der Waals surface area contributed by atoms with Gasteiger partial charge in [-0.2, -0.15) is 0 Å². The molecule has 0 spiro atoms. The number of benzene rings is 3. The summed E-state index contributed by atoms with van der Waals surface area (Å²) in [5.74, 6) is -0.159. The van der Waals surface area contributed by atoms with Gasteiger partial charge in [-0.3, -0.25) is 9.59 Å². The Morgan fingerprint density at radius 1 is 0.892 bits per heavy atom. The Balaban J connectivity index is 1.62. The summed E-state index contributed by atoms with van der Waals surface area (Å²) >= 11 is 12.4. The van der Waals surface area contributed by atoms with E-state index < -0.39 is 6.04 Å². The molecule has 1 saturated carbocycles. The first kappa shape index (κ1) is 27.2. The summed E-state index contributed by atoms with van der Waals surface area (Å²) < 4.78 is 0. The van der Waals surface area contributed by atoms with Gasteiger partial charge in [-0.1, -0.05) is 102 Å². The predicted molar refractivity (Wildman–Crippen MR) is 151 cm³/mol. The quantitative estimate of drug-likeness (QED) is 0.305. The Morgan fingerprint density at radius 2 is 1.57 bits per heavy atom. The Hall–Kier alpha value is -2.82. The number of hydrogen-bond donors (Lipinski definition) is 1. The number of nitrogens with zero attached hydrogens (tertiary/aromatic N) is 1. The molecule has 0 aromatic heterocycles. The third-order valence-corrected chi connectivity index (χ3v) is 7.80. The molecule has 0 heterocycles. The summed E-state index contributed by atoms with van der Waals surface area (Å²) in [6.45, 7) is 2.32. The molecule has 0 unspecified atom stereocenters. The van der Waals surface area contributed by atoms with Crippen LogP contribution in [0.3, 0.4) is 0 Å². The van der Waals surface area contributed by atoms with Gasteiger partial charge in [-0.05, 0) is 55.0 Å². The normalized spacial score (nSPS) is 14.4. The molecule has 4 rings (SSSR count). The van der Waals surface area contributed by atoms with E-state index in [4.69, 9.17) is 23.2 Å². The van der Waals surface area contributed by atoms with Crippen LogP contribution in [0.15, 0.2) is 72.8 Å². The zero-order chi connectivity index (χ0) is 26.2. The van der Waals surface area contributed by atoms with Crippen molar-refractivity contribution >= 4 is 35.0 Å². The number of halogens is 2. The van der Waals surface area contributed by atoms with Gasteiger partial charge >= 0.3 is 0 Å². The van der Waals surface area contributed by atoms with E-state index in [1.165, 1.54) is 5.56 Å². The van der Waals surface area contributed by atoms with Crippen LogP contribution in [-0.2, 0) is 29.0 Å². The molecule has 0 saturated heterocycles. The number of carbonyl (C=O) groups excluding carboxylic acids is 2. The molecule has 0 radical (unpaired) electrons. The van der Waals surface area contributed by atoms with Gasteiger partial charge in [0.2, 0.25) is 11.8 Å². The molecule has 1 N–H and O–H groups in total. The molecule has 37 heavy (non-hydrogen) atoms. The fraction of sp³-hybridized carbons (Fsp3) is 0.355. The third-order valence-electron chi connectivity index (χ3n) is 7.06. The van der Waals surface area contributed by atoms with E-state index in [0.29, 0.717) is 29.3 Å². The zero-order valence-electron chi connectivity index (χ0n) is 21.3. The lowest BCUT2D eigenvalue weighted by Gasteiger charge is -2.32. The van der Waals surface area contributed by atoms with Crippen molar-refractivity contribution in [3.8, 4) is 0 Å². The van der Waals surface area contributed by atoms with Crippen molar-refractivity contribution < 1.29 is 9.59 Å². The van der Waals surface area contributed by atoms with Crippen LogP contribution in [-0.4, -0.2) is 28.8 Å². The zero-order valence-corrected chi connectivity index (χ0v) is 22.8. The fourth-order valence-electron chi connectivity index (χ4n) is 4.91. The third kappa shape index (κ3) is 7.83. The first-order valence-corrected chi connectivity index (χ1v) is 13.8. The van der Waals surface area contributed by atoms with Crippen LogP contribution in [0.2, 0.25) is 10.0 Å². The Labute approximate surface area is 230 Å². The van der Waals surface area contributed by atoms with Crippen molar-refractivity contribution in [2.75, 3.05) is 0 Å². The molecule has 3 aromatic carbocycles. The highest BCUT2D eigenvalue weighted by Crippen LogP contribution is 2.25. The summed E-state index contributed by atoms with van der Waals surface area (Å²) in [6, 6.07) is 23.0. The first-order chi connectivity index (χ1) is 17.9. The summed E-state index contributed by atoms with van der Waals surface area (Å²) in [7, 11) is 0. The summed E-state index contributed by atoms with van der Waals surface area (Å²) in [4.78, 5) is 29.2. The number of amides is 2. The maximum absolute atomic E-state index is 13.8. The van der Waals surface area contributed by atoms with E-state index in [-0.39, 0.29) is 24.4 Å². The Morgan fingerprint density at radius 3 is 2.24 bits per heavy atom. The van der Waals surface area contributed by atoms with Crippen molar-refractivity contribution in [2.24, 2.45) is 0 Å². The van der Waals surface area contributed by atoms with E-state index in [1.807, 2.05) is 43.3 Å². The molecule has 3 aromatic rings. The first-order valence-electron chi connectivity index (χ1n) is 13.0. The molecule has 0 aliphatic heterocycles. The molecule has 1 fully saturated rings. The highest BCUT2D eigenvalue weighted by molar-refractivity contribution is 6.42. The van der Waals surface area contributed by atoms with Crippen molar-refractivity contribution in [1.82, 2.24) is 10.2 Å². The second-order valence-electron chi connectivity index (χ2n) is 9.95. The Kier molecular flexibility index (Phi) is 9.65. The van der Waals surface area contributed by atoms with Gasteiger partial charge in [0, 0.05) is 25.4 Å². The van der Waals surface area contributed by atoms with Gasteiger partial charge in [-0.15, -0.1) is 0 Å². The lowest BCUT2D eigenvalue weighted by molar-refractivity contribution is -0.141. The lowest BCUT2D eigenvalue weighted by Crippen LogP contribution is -2.52. The molecule has 0 bridgehead atoms. The van der Waals surface area contributed by atoms with Gasteiger partial charge in [-0.25, -0.2) is 0 Å². The fourth-order valence-corrected chi connectivity index (χ4v) is 5.23. The van der Waals surface area contributed by atoms with E-state index in [1.54, 1.807) is 17.0 Å². The molecule has 194 valence electrons.